The molecule has 3 rings (SSSR count). The highest BCUT2D eigenvalue weighted by molar-refractivity contribution is 5.93. The Morgan fingerprint density at radius 1 is 1.32 bits per heavy atom. The normalized spacial score (nSPS) is 15.9. The molecule has 1 aliphatic carbocycles. The second-order valence-electron chi connectivity index (χ2n) is 5.40. The van der Waals surface area contributed by atoms with Gasteiger partial charge in [0.1, 0.15) is 12.1 Å². The van der Waals surface area contributed by atoms with Crippen molar-refractivity contribution in [3.05, 3.63) is 54.1 Å². The topological polar surface area (TPSA) is 79.8 Å². The van der Waals surface area contributed by atoms with E-state index in [9.17, 15) is 9.18 Å². The SMILES string of the molecule is O=C(NNCC1(c2ncccc2F)CCC1)c1cncnc1. The Morgan fingerprint density at radius 2 is 2.09 bits per heavy atom. The predicted octanol–water partition coefficient (Wildman–Crippen LogP) is 1.37. The highest BCUT2D eigenvalue weighted by Crippen LogP contribution is 2.43. The van der Waals surface area contributed by atoms with Gasteiger partial charge in [0.05, 0.1) is 11.3 Å². The summed E-state index contributed by atoms with van der Waals surface area (Å²) in [7, 11) is 0. The Labute approximate surface area is 127 Å². The summed E-state index contributed by atoms with van der Waals surface area (Å²) in [5.41, 5.74) is 5.95. The molecule has 22 heavy (non-hydrogen) atoms. The van der Waals surface area contributed by atoms with E-state index in [4.69, 9.17) is 0 Å². The molecule has 0 aliphatic heterocycles. The van der Waals surface area contributed by atoms with Crippen LogP contribution in [0, 0.1) is 5.82 Å². The Balaban J connectivity index is 1.63. The van der Waals surface area contributed by atoms with Gasteiger partial charge < -0.3 is 0 Å². The van der Waals surface area contributed by atoms with Crippen molar-refractivity contribution in [2.75, 3.05) is 6.54 Å². The summed E-state index contributed by atoms with van der Waals surface area (Å²) in [6.07, 6.45) is 8.54. The molecule has 0 bridgehead atoms. The minimum absolute atomic E-state index is 0.299. The fourth-order valence-electron chi connectivity index (χ4n) is 2.66. The first-order valence-electron chi connectivity index (χ1n) is 7.10. The molecule has 2 aromatic rings. The number of aromatic nitrogens is 3. The van der Waals surface area contributed by atoms with E-state index in [0.29, 0.717) is 17.8 Å². The first-order chi connectivity index (χ1) is 10.7. The molecule has 2 heterocycles. The molecule has 1 saturated carbocycles. The summed E-state index contributed by atoms with van der Waals surface area (Å²) in [6, 6.07) is 3.00. The third-order valence-corrected chi connectivity index (χ3v) is 4.02. The van der Waals surface area contributed by atoms with E-state index >= 15 is 0 Å². The van der Waals surface area contributed by atoms with Gasteiger partial charge in [0, 0.05) is 30.6 Å². The number of carbonyl (C=O) groups excluding carboxylic acids is 1. The molecule has 7 heteroatoms. The monoisotopic (exact) mass is 301 g/mol. The summed E-state index contributed by atoms with van der Waals surface area (Å²) in [4.78, 5) is 23.7. The molecule has 0 atom stereocenters. The van der Waals surface area contributed by atoms with E-state index in [1.54, 1.807) is 12.3 Å². The van der Waals surface area contributed by atoms with Gasteiger partial charge in [-0.25, -0.2) is 19.8 Å². The second kappa shape index (κ2) is 6.15. The molecule has 0 spiro atoms. The number of halogens is 1. The molecular weight excluding hydrogens is 285 g/mol. The van der Waals surface area contributed by atoms with Gasteiger partial charge in [-0.3, -0.25) is 15.2 Å². The summed E-state index contributed by atoms with van der Waals surface area (Å²) in [5.74, 6) is -0.622. The van der Waals surface area contributed by atoms with E-state index < -0.39 is 0 Å². The van der Waals surface area contributed by atoms with Crippen LogP contribution in [0.2, 0.25) is 0 Å². The van der Waals surface area contributed by atoms with Gasteiger partial charge in [-0.15, -0.1) is 0 Å². The van der Waals surface area contributed by atoms with Crippen molar-refractivity contribution in [2.24, 2.45) is 0 Å². The van der Waals surface area contributed by atoms with E-state index in [0.717, 1.165) is 19.3 Å². The highest BCUT2D eigenvalue weighted by Gasteiger charge is 2.41. The van der Waals surface area contributed by atoms with Crippen molar-refractivity contribution < 1.29 is 9.18 Å². The van der Waals surface area contributed by atoms with Crippen LogP contribution < -0.4 is 10.9 Å². The number of hydrogen-bond acceptors (Lipinski definition) is 5. The van der Waals surface area contributed by atoms with E-state index in [2.05, 4.69) is 25.8 Å². The van der Waals surface area contributed by atoms with Crippen LogP contribution in [0.4, 0.5) is 4.39 Å². The Morgan fingerprint density at radius 3 is 2.73 bits per heavy atom. The van der Waals surface area contributed by atoms with Crippen molar-refractivity contribution in [2.45, 2.75) is 24.7 Å². The standard InChI is InChI=1S/C15H16FN5O/c16-12-3-1-6-19-13(12)15(4-2-5-15)9-20-21-14(22)11-7-17-10-18-8-11/h1,3,6-8,10,20H,2,4-5,9H2,(H,21,22). The molecular formula is C15H16FN5O. The maximum Gasteiger partial charge on any atom is 0.268 e. The number of amides is 1. The lowest BCUT2D eigenvalue weighted by molar-refractivity contribution is 0.0919. The number of nitrogens with zero attached hydrogens (tertiary/aromatic N) is 3. The van der Waals surface area contributed by atoms with Crippen LogP contribution in [0.3, 0.4) is 0 Å². The van der Waals surface area contributed by atoms with Crippen LogP contribution in [0.5, 0.6) is 0 Å². The van der Waals surface area contributed by atoms with Crippen molar-refractivity contribution >= 4 is 5.91 Å². The van der Waals surface area contributed by atoms with Crippen LogP contribution in [-0.4, -0.2) is 27.4 Å². The molecule has 0 unspecified atom stereocenters. The molecule has 2 N–H and O–H groups in total. The van der Waals surface area contributed by atoms with E-state index in [1.807, 2.05) is 0 Å². The average Bonchev–Trinajstić information content (AvgIpc) is 2.51. The van der Waals surface area contributed by atoms with Crippen molar-refractivity contribution in [3.63, 3.8) is 0 Å². The van der Waals surface area contributed by atoms with Crippen LogP contribution in [-0.2, 0) is 5.41 Å². The third kappa shape index (κ3) is 2.80. The summed E-state index contributed by atoms with van der Waals surface area (Å²) in [5, 5.41) is 0. The highest BCUT2D eigenvalue weighted by atomic mass is 19.1. The van der Waals surface area contributed by atoms with E-state index in [1.165, 1.54) is 24.8 Å². The quantitative estimate of drug-likeness (QED) is 0.815. The first-order valence-corrected chi connectivity index (χ1v) is 7.10. The van der Waals surface area contributed by atoms with Crippen molar-refractivity contribution in [3.8, 4) is 0 Å². The predicted molar refractivity (Wildman–Crippen MR) is 77.2 cm³/mol. The summed E-state index contributed by atoms with van der Waals surface area (Å²) in [6.45, 7) is 0.431. The molecule has 2 aromatic heterocycles. The van der Waals surface area contributed by atoms with Gasteiger partial charge >= 0.3 is 0 Å². The zero-order chi connectivity index (χ0) is 15.4. The minimum Gasteiger partial charge on any atom is -0.287 e. The largest absolute Gasteiger partial charge is 0.287 e. The number of carbonyl (C=O) groups is 1. The van der Waals surface area contributed by atoms with Gasteiger partial charge in [0.2, 0.25) is 0 Å². The lowest BCUT2D eigenvalue weighted by Crippen LogP contribution is -2.50. The van der Waals surface area contributed by atoms with Crippen molar-refractivity contribution in [1.29, 1.82) is 0 Å². The van der Waals surface area contributed by atoms with E-state index in [-0.39, 0.29) is 17.1 Å². The number of hydrazine groups is 1. The molecule has 114 valence electrons. The fraction of sp³-hybridized carbons (Fsp3) is 0.333. The average molecular weight is 301 g/mol. The minimum atomic E-state index is -0.355. The van der Waals surface area contributed by atoms with Gasteiger partial charge in [-0.1, -0.05) is 6.42 Å². The number of nitrogens with one attached hydrogen (secondary N) is 2. The molecule has 6 nitrogen and oxygen atoms in total. The number of pyridine rings is 1. The molecule has 0 aromatic carbocycles. The van der Waals surface area contributed by atoms with Crippen LogP contribution in [0.1, 0.15) is 35.3 Å². The molecule has 1 aliphatic rings. The van der Waals surface area contributed by atoms with Gasteiger partial charge in [0.15, 0.2) is 0 Å². The lowest BCUT2D eigenvalue weighted by Gasteiger charge is -2.41. The summed E-state index contributed by atoms with van der Waals surface area (Å²) >= 11 is 0. The van der Waals surface area contributed by atoms with Crippen molar-refractivity contribution in [1.82, 2.24) is 25.8 Å². The Kier molecular flexibility index (Phi) is 4.06. The van der Waals surface area contributed by atoms with Crippen LogP contribution in [0.25, 0.3) is 0 Å². The number of hydrogen-bond donors (Lipinski definition) is 2. The maximum absolute atomic E-state index is 14.0. The third-order valence-electron chi connectivity index (χ3n) is 4.02. The fourth-order valence-corrected chi connectivity index (χ4v) is 2.66. The molecule has 1 amide bonds. The smallest absolute Gasteiger partial charge is 0.268 e. The second-order valence-corrected chi connectivity index (χ2v) is 5.40. The first kappa shape index (κ1) is 14.5. The molecule has 1 fully saturated rings. The zero-order valence-corrected chi connectivity index (χ0v) is 11.9. The number of rotatable bonds is 5. The van der Waals surface area contributed by atoms with Gasteiger partial charge in [0.25, 0.3) is 5.91 Å². The Hall–Kier alpha value is -2.41. The maximum atomic E-state index is 14.0. The Bertz CT molecular complexity index is 660. The van der Waals surface area contributed by atoms with Crippen LogP contribution in [0.15, 0.2) is 37.1 Å². The van der Waals surface area contributed by atoms with Crippen LogP contribution >= 0.6 is 0 Å². The molecule has 0 saturated heterocycles. The van der Waals surface area contributed by atoms with Gasteiger partial charge in [-0.05, 0) is 25.0 Å². The zero-order valence-electron chi connectivity index (χ0n) is 11.9. The van der Waals surface area contributed by atoms with Gasteiger partial charge in [-0.2, -0.15) is 0 Å². The summed E-state index contributed by atoms with van der Waals surface area (Å²) < 4.78 is 14.0. The lowest BCUT2D eigenvalue weighted by atomic mass is 9.66. The molecule has 0 radical (unpaired) electrons.